The third-order valence-electron chi connectivity index (χ3n) is 4.08. The number of hydrogen-bond acceptors (Lipinski definition) is 1. The first-order valence-corrected chi connectivity index (χ1v) is 11.5. The average molecular weight is 369 g/mol. The minimum Gasteiger partial charge on any atom is -0.284 e. The zero-order valence-electron chi connectivity index (χ0n) is 18.3. The Kier molecular flexibility index (Phi) is 11.0. The van der Waals surface area contributed by atoms with Crippen LogP contribution in [0.15, 0.2) is 11.4 Å². The van der Waals surface area contributed by atoms with E-state index in [1.165, 1.54) is 0 Å². The van der Waals surface area contributed by atoms with E-state index in [0.717, 1.165) is 24.8 Å². The van der Waals surface area contributed by atoms with Crippen LogP contribution in [-0.4, -0.2) is 33.5 Å². The summed E-state index contributed by atoms with van der Waals surface area (Å²) < 4.78 is 18.7. The topological polar surface area (TPSA) is 23.6 Å². The highest BCUT2D eigenvalue weighted by Crippen LogP contribution is 2.59. The van der Waals surface area contributed by atoms with Crippen molar-refractivity contribution in [2.45, 2.75) is 113 Å². The summed E-state index contributed by atoms with van der Waals surface area (Å²) in [6.45, 7) is 21.2. The molecule has 0 amide bonds. The molecule has 0 aliphatic heterocycles. The predicted octanol–water partition coefficient (Wildman–Crippen LogP) is 6.51. The first kappa shape index (κ1) is 24.5. The van der Waals surface area contributed by atoms with Crippen molar-refractivity contribution >= 4 is 7.44 Å². The van der Waals surface area contributed by atoms with Gasteiger partial charge in [-0.15, -0.1) is 0 Å². The van der Waals surface area contributed by atoms with Gasteiger partial charge in [-0.05, 0) is 68.7 Å². The second-order valence-electron chi connectivity index (χ2n) is 7.94. The molecular formula is C21H41N2OP. The van der Waals surface area contributed by atoms with Crippen LogP contribution in [0.3, 0.4) is 0 Å². The lowest BCUT2D eigenvalue weighted by atomic mass is 10.2. The number of unbranched alkanes of at least 4 members (excludes halogenated alkanes) is 2. The van der Waals surface area contributed by atoms with Crippen LogP contribution in [0.1, 0.15) is 88.5 Å². The van der Waals surface area contributed by atoms with Gasteiger partial charge in [-0.1, -0.05) is 25.2 Å². The molecule has 25 heavy (non-hydrogen) atoms. The molecular weight excluding hydrogens is 327 g/mol. The van der Waals surface area contributed by atoms with Crippen molar-refractivity contribution in [2.75, 3.05) is 0 Å². The van der Waals surface area contributed by atoms with E-state index >= 15 is 0 Å². The van der Waals surface area contributed by atoms with Crippen LogP contribution < -0.4 is 0 Å². The van der Waals surface area contributed by atoms with Crippen molar-refractivity contribution in [1.29, 1.82) is 0 Å². The molecule has 146 valence electrons. The maximum Gasteiger partial charge on any atom is 0.240 e. The van der Waals surface area contributed by atoms with E-state index in [1.54, 1.807) is 0 Å². The van der Waals surface area contributed by atoms with E-state index in [9.17, 15) is 4.57 Å². The number of hydrogen-bond donors (Lipinski definition) is 0. The summed E-state index contributed by atoms with van der Waals surface area (Å²) in [6.07, 6.45) is 3.17. The summed E-state index contributed by atoms with van der Waals surface area (Å²) in [7, 11) is -2.87. The molecule has 0 atom stereocenters. The summed E-state index contributed by atoms with van der Waals surface area (Å²) >= 11 is 0. The molecule has 0 aromatic heterocycles. The quantitative estimate of drug-likeness (QED) is 0.263. The highest BCUT2D eigenvalue weighted by molar-refractivity contribution is 7.62. The Hall–Kier alpha value is -0.550. The third-order valence-corrected chi connectivity index (χ3v) is 7.98. The SMILES string of the molecule is CCCCC#C/C(C)=C/P(=O)(N(C(C)C)C(C)C)N(C(C)C)C(C)C. The van der Waals surface area contributed by atoms with Crippen molar-refractivity contribution in [2.24, 2.45) is 0 Å². The van der Waals surface area contributed by atoms with Gasteiger partial charge in [0.25, 0.3) is 0 Å². The van der Waals surface area contributed by atoms with Gasteiger partial charge in [-0.2, -0.15) is 0 Å². The molecule has 0 saturated carbocycles. The summed E-state index contributed by atoms with van der Waals surface area (Å²) in [6, 6.07) is 0.789. The third kappa shape index (κ3) is 7.30. The molecule has 0 aromatic carbocycles. The van der Waals surface area contributed by atoms with E-state index < -0.39 is 7.44 Å². The predicted molar refractivity (Wildman–Crippen MR) is 113 cm³/mol. The van der Waals surface area contributed by atoms with Crippen LogP contribution in [0.4, 0.5) is 0 Å². The van der Waals surface area contributed by atoms with Crippen molar-refractivity contribution in [3.05, 3.63) is 11.4 Å². The lowest BCUT2D eigenvalue weighted by Crippen LogP contribution is -2.44. The molecule has 3 nitrogen and oxygen atoms in total. The molecule has 0 saturated heterocycles. The van der Waals surface area contributed by atoms with Crippen LogP contribution in [0.5, 0.6) is 0 Å². The monoisotopic (exact) mass is 368 g/mol. The average Bonchev–Trinajstić information content (AvgIpc) is 2.41. The molecule has 0 radical (unpaired) electrons. The molecule has 0 N–H and O–H groups in total. The lowest BCUT2D eigenvalue weighted by Gasteiger charge is -2.45. The Labute approximate surface area is 157 Å². The second kappa shape index (κ2) is 11.2. The lowest BCUT2D eigenvalue weighted by molar-refractivity contribution is 0.230. The van der Waals surface area contributed by atoms with Gasteiger partial charge < -0.3 is 0 Å². The number of rotatable bonds is 9. The summed E-state index contributed by atoms with van der Waals surface area (Å²) in [5, 5.41) is 0. The first-order valence-electron chi connectivity index (χ1n) is 9.84. The normalized spacial score (nSPS) is 13.5. The molecule has 0 heterocycles. The molecule has 4 heteroatoms. The van der Waals surface area contributed by atoms with Crippen LogP contribution >= 0.6 is 7.44 Å². The van der Waals surface area contributed by atoms with Crippen LogP contribution in [0, 0.1) is 11.8 Å². The fourth-order valence-corrected chi connectivity index (χ4v) is 7.24. The van der Waals surface area contributed by atoms with Gasteiger partial charge in [-0.25, -0.2) is 9.34 Å². The number of nitrogens with zero attached hydrogens (tertiary/aromatic N) is 2. The summed E-state index contributed by atoms with van der Waals surface area (Å²) in [4.78, 5) is 0. The van der Waals surface area contributed by atoms with Gasteiger partial charge in [0.1, 0.15) is 0 Å². The minimum atomic E-state index is -2.87. The molecule has 0 rings (SSSR count). The highest BCUT2D eigenvalue weighted by atomic mass is 31.2. The zero-order valence-corrected chi connectivity index (χ0v) is 19.2. The Balaban J connectivity index is 6.14. The molecule has 0 unspecified atom stereocenters. The van der Waals surface area contributed by atoms with Gasteiger partial charge in [0.15, 0.2) is 0 Å². The highest BCUT2D eigenvalue weighted by Gasteiger charge is 2.41. The van der Waals surface area contributed by atoms with E-state index in [-0.39, 0.29) is 24.2 Å². The van der Waals surface area contributed by atoms with Gasteiger partial charge in [0, 0.05) is 42.0 Å². The second-order valence-corrected chi connectivity index (χ2v) is 10.3. The molecule has 0 aromatic rings. The molecule has 0 spiro atoms. The number of allylic oxidation sites excluding steroid dienone is 1. The van der Waals surface area contributed by atoms with Gasteiger partial charge in [-0.3, -0.25) is 4.57 Å². The van der Waals surface area contributed by atoms with Crippen LogP contribution in [0.2, 0.25) is 0 Å². The molecule has 0 aliphatic carbocycles. The van der Waals surface area contributed by atoms with E-state index in [2.05, 4.69) is 83.5 Å². The standard InChI is InChI=1S/C21H41N2OP/c1-11-12-13-14-15-21(10)16-25(24,22(17(2)3)18(4)5)23(19(6)7)20(8)9/h16-20H,11-13H2,1-10H3/b21-16+. The summed E-state index contributed by atoms with van der Waals surface area (Å²) in [5.41, 5.74) is 0.914. The maximum absolute atomic E-state index is 14.4. The van der Waals surface area contributed by atoms with Crippen LogP contribution in [-0.2, 0) is 4.57 Å². The van der Waals surface area contributed by atoms with Crippen molar-refractivity contribution in [3.8, 4) is 11.8 Å². The maximum atomic E-state index is 14.4. The van der Waals surface area contributed by atoms with Crippen molar-refractivity contribution in [1.82, 2.24) is 9.34 Å². The van der Waals surface area contributed by atoms with Crippen LogP contribution in [0.25, 0.3) is 0 Å². The minimum absolute atomic E-state index is 0.197. The van der Waals surface area contributed by atoms with E-state index in [0.29, 0.717) is 0 Å². The first-order chi connectivity index (χ1) is 11.5. The smallest absolute Gasteiger partial charge is 0.240 e. The molecule has 0 fully saturated rings. The van der Waals surface area contributed by atoms with E-state index in [4.69, 9.17) is 0 Å². The Morgan fingerprint density at radius 1 is 0.920 bits per heavy atom. The van der Waals surface area contributed by atoms with Crippen molar-refractivity contribution in [3.63, 3.8) is 0 Å². The van der Waals surface area contributed by atoms with Gasteiger partial charge in [0.05, 0.1) is 0 Å². The van der Waals surface area contributed by atoms with Gasteiger partial charge >= 0.3 is 0 Å². The van der Waals surface area contributed by atoms with E-state index in [1.807, 2.05) is 12.7 Å². The Morgan fingerprint density at radius 2 is 1.32 bits per heavy atom. The van der Waals surface area contributed by atoms with Gasteiger partial charge in [0.2, 0.25) is 7.44 Å². The fraction of sp³-hybridized carbons (Fsp3) is 0.810. The largest absolute Gasteiger partial charge is 0.284 e. The fourth-order valence-electron chi connectivity index (χ4n) is 3.52. The zero-order chi connectivity index (χ0) is 19.8. The Morgan fingerprint density at radius 3 is 1.64 bits per heavy atom. The molecule has 0 bridgehead atoms. The van der Waals surface area contributed by atoms with Crippen molar-refractivity contribution < 1.29 is 4.57 Å². The summed E-state index contributed by atoms with van der Waals surface area (Å²) in [5.74, 6) is 8.40. The Bertz CT molecular complexity index is 484. The molecule has 0 aliphatic rings.